The number of aliphatic hydroxyl groups excluding tert-OH is 1. The normalized spacial score (nSPS) is 13.0. The molecule has 6 heteroatoms. The number of rotatable bonds is 4. The van der Waals surface area contributed by atoms with Gasteiger partial charge in [0.15, 0.2) is 0 Å². The molecule has 0 aliphatic carbocycles. The first kappa shape index (κ1) is 16.6. The molecule has 1 aromatic heterocycles. The van der Waals surface area contributed by atoms with E-state index in [4.69, 9.17) is 0 Å². The summed E-state index contributed by atoms with van der Waals surface area (Å²) in [7, 11) is 0. The van der Waals surface area contributed by atoms with Gasteiger partial charge in [-0.1, -0.05) is 39.0 Å². The quantitative estimate of drug-likeness (QED) is 0.909. The molecule has 1 aromatic carbocycles. The van der Waals surface area contributed by atoms with Gasteiger partial charge in [0.25, 0.3) is 5.91 Å². The van der Waals surface area contributed by atoms with Crippen molar-refractivity contribution < 1.29 is 14.3 Å². The minimum absolute atomic E-state index is 0.0531. The zero-order valence-corrected chi connectivity index (χ0v) is 13.6. The lowest BCUT2D eigenvalue weighted by atomic mass is 9.98. The topological polar surface area (TPSA) is 62.2 Å². The van der Waals surface area contributed by atoms with Crippen LogP contribution in [-0.4, -0.2) is 22.5 Å². The maximum absolute atomic E-state index is 13.5. The molecule has 1 unspecified atom stereocenters. The van der Waals surface area contributed by atoms with Gasteiger partial charge in [-0.15, -0.1) is 11.3 Å². The lowest BCUT2D eigenvalue weighted by molar-refractivity contribution is 0.0918. The minimum Gasteiger partial charge on any atom is -0.386 e. The van der Waals surface area contributed by atoms with Crippen molar-refractivity contribution in [3.8, 4) is 0 Å². The number of hydrogen-bond donors (Lipinski definition) is 2. The van der Waals surface area contributed by atoms with Crippen molar-refractivity contribution in [1.29, 1.82) is 0 Å². The van der Waals surface area contributed by atoms with Crippen LogP contribution in [0.3, 0.4) is 0 Å². The number of halogens is 1. The Balaban J connectivity index is 1.98. The summed E-state index contributed by atoms with van der Waals surface area (Å²) in [6, 6.07) is 5.97. The molecule has 118 valence electrons. The van der Waals surface area contributed by atoms with Crippen LogP contribution in [0.5, 0.6) is 0 Å². The molecule has 22 heavy (non-hydrogen) atoms. The molecule has 0 radical (unpaired) electrons. The highest BCUT2D eigenvalue weighted by molar-refractivity contribution is 7.13. The Morgan fingerprint density at radius 2 is 2.09 bits per heavy atom. The van der Waals surface area contributed by atoms with E-state index in [1.54, 1.807) is 12.1 Å². The molecule has 0 spiro atoms. The summed E-state index contributed by atoms with van der Waals surface area (Å²) in [5.74, 6) is -0.805. The van der Waals surface area contributed by atoms with E-state index in [9.17, 15) is 14.3 Å². The number of carbonyl (C=O) groups excluding carboxylic acids is 1. The Hall–Kier alpha value is -1.79. The van der Waals surface area contributed by atoms with E-state index in [0.29, 0.717) is 4.88 Å². The van der Waals surface area contributed by atoms with Crippen LogP contribution in [0.4, 0.5) is 4.39 Å². The molecule has 0 bridgehead atoms. The van der Waals surface area contributed by atoms with Gasteiger partial charge in [-0.2, -0.15) is 0 Å². The van der Waals surface area contributed by atoms with Gasteiger partial charge < -0.3 is 10.4 Å². The van der Waals surface area contributed by atoms with Crippen LogP contribution in [0.15, 0.2) is 30.5 Å². The summed E-state index contributed by atoms with van der Waals surface area (Å²) >= 11 is 1.32. The summed E-state index contributed by atoms with van der Waals surface area (Å²) in [6.45, 7) is 6.02. The first-order chi connectivity index (χ1) is 10.3. The lowest BCUT2D eigenvalue weighted by Gasteiger charge is -2.13. The molecule has 4 nitrogen and oxygen atoms in total. The fraction of sp³-hybridized carbons (Fsp3) is 0.375. The van der Waals surface area contributed by atoms with Crippen molar-refractivity contribution in [3.05, 3.63) is 51.7 Å². The molecular formula is C16H19FN2O2S. The van der Waals surface area contributed by atoms with Gasteiger partial charge in [-0.25, -0.2) is 9.37 Å². The number of hydrogen-bond acceptors (Lipinski definition) is 4. The van der Waals surface area contributed by atoms with E-state index in [1.807, 2.05) is 20.8 Å². The monoisotopic (exact) mass is 322 g/mol. The number of amides is 1. The molecule has 0 saturated carbocycles. The number of aromatic nitrogens is 1. The Morgan fingerprint density at radius 1 is 1.41 bits per heavy atom. The van der Waals surface area contributed by atoms with Crippen LogP contribution in [0.25, 0.3) is 0 Å². The fourth-order valence-electron chi connectivity index (χ4n) is 1.86. The second-order valence-corrected chi connectivity index (χ2v) is 7.06. The highest BCUT2D eigenvalue weighted by Gasteiger charge is 2.21. The van der Waals surface area contributed by atoms with Crippen LogP contribution in [0, 0.1) is 5.82 Å². The van der Waals surface area contributed by atoms with Crippen molar-refractivity contribution >= 4 is 17.2 Å². The van der Waals surface area contributed by atoms with Gasteiger partial charge in [0, 0.05) is 17.5 Å². The molecule has 0 aliphatic rings. The SMILES string of the molecule is CC(C)(C)c1ncc(C(=O)NCC(O)c2ccccc2F)s1. The lowest BCUT2D eigenvalue weighted by Crippen LogP contribution is -2.28. The standard InChI is InChI=1S/C16H19FN2O2S/c1-16(2,3)15-19-9-13(22-15)14(21)18-8-12(20)10-6-4-5-7-11(10)17/h4-7,9,12,20H,8H2,1-3H3,(H,18,21). The molecule has 2 N–H and O–H groups in total. The van der Waals surface area contributed by atoms with Crippen LogP contribution in [-0.2, 0) is 5.41 Å². The van der Waals surface area contributed by atoms with Gasteiger partial charge in [-0.3, -0.25) is 4.79 Å². The van der Waals surface area contributed by atoms with Crippen molar-refractivity contribution in [2.75, 3.05) is 6.54 Å². The van der Waals surface area contributed by atoms with Crippen LogP contribution < -0.4 is 5.32 Å². The highest BCUT2D eigenvalue weighted by Crippen LogP contribution is 2.26. The van der Waals surface area contributed by atoms with Crippen LogP contribution >= 0.6 is 11.3 Å². The van der Waals surface area contributed by atoms with Crippen molar-refractivity contribution in [1.82, 2.24) is 10.3 Å². The smallest absolute Gasteiger partial charge is 0.263 e. The van der Waals surface area contributed by atoms with Crippen molar-refractivity contribution in [2.45, 2.75) is 32.3 Å². The Labute approximate surface area is 133 Å². The van der Waals surface area contributed by atoms with E-state index in [2.05, 4.69) is 10.3 Å². The van der Waals surface area contributed by atoms with E-state index >= 15 is 0 Å². The number of benzene rings is 1. The predicted octanol–water partition coefficient (Wildman–Crippen LogP) is 3.04. The zero-order chi connectivity index (χ0) is 16.3. The Bertz CT molecular complexity index is 664. The molecule has 0 aliphatic heterocycles. The highest BCUT2D eigenvalue weighted by atomic mass is 32.1. The fourth-order valence-corrected chi connectivity index (χ4v) is 2.75. The second-order valence-electron chi connectivity index (χ2n) is 6.03. The average Bonchev–Trinajstić information content (AvgIpc) is 2.95. The van der Waals surface area contributed by atoms with E-state index in [0.717, 1.165) is 5.01 Å². The molecule has 2 rings (SSSR count). The molecular weight excluding hydrogens is 303 g/mol. The van der Waals surface area contributed by atoms with Crippen molar-refractivity contribution in [2.24, 2.45) is 0 Å². The van der Waals surface area contributed by atoms with Gasteiger partial charge in [0.2, 0.25) is 0 Å². The van der Waals surface area contributed by atoms with E-state index in [-0.39, 0.29) is 23.4 Å². The average molecular weight is 322 g/mol. The van der Waals surface area contributed by atoms with Gasteiger partial charge in [-0.05, 0) is 6.07 Å². The maximum Gasteiger partial charge on any atom is 0.263 e. The third-order valence-corrected chi connectivity index (χ3v) is 4.51. The summed E-state index contributed by atoms with van der Waals surface area (Å²) in [4.78, 5) is 16.8. The molecule has 1 heterocycles. The van der Waals surface area contributed by atoms with E-state index in [1.165, 1.54) is 29.7 Å². The minimum atomic E-state index is -1.08. The maximum atomic E-state index is 13.5. The Kier molecular flexibility index (Phi) is 4.93. The first-order valence-corrected chi connectivity index (χ1v) is 7.77. The molecule has 2 aromatic rings. The molecule has 1 atom stereocenters. The van der Waals surface area contributed by atoms with Crippen LogP contribution in [0.1, 0.15) is 47.1 Å². The number of nitrogens with one attached hydrogen (secondary N) is 1. The van der Waals surface area contributed by atoms with Gasteiger partial charge >= 0.3 is 0 Å². The molecule has 0 saturated heterocycles. The van der Waals surface area contributed by atoms with Crippen molar-refractivity contribution in [3.63, 3.8) is 0 Å². The Morgan fingerprint density at radius 3 is 2.68 bits per heavy atom. The number of aliphatic hydroxyl groups is 1. The largest absolute Gasteiger partial charge is 0.386 e. The summed E-state index contributed by atoms with van der Waals surface area (Å²) in [5.41, 5.74) is 0.0538. The van der Waals surface area contributed by atoms with E-state index < -0.39 is 11.9 Å². The number of thiazole rings is 1. The summed E-state index contributed by atoms with van der Waals surface area (Å²) < 4.78 is 13.5. The first-order valence-electron chi connectivity index (χ1n) is 6.96. The number of carbonyl (C=O) groups is 1. The van der Waals surface area contributed by atoms with Crippen LogP contribution in [0.2, 0.25) is 0 Å². The molecule has 0 fully saturated rings. The predicted molar refractivity (Wildman–Crippen MR) is 84.5 cm³/mol. The summed E-state index contributed by atoms with van der Waals surface area (Å²) in [5, 5.41) is 13.4. The number of nitrogens with zero attached hydrogens (tertiary/aromatic N) is 1. The van der Waals surface area contributed by atoms with Gasteiger partial charge in [0.05, 0.1) is 17.3 Å². The van der Waals surface area contributed by atoms with Gasteiger partial charge in [0.1, 0.15) is 10.7 Å². The second kappa shape index (κ2) is 6.54. The molecule has 1 amide bonds. The third-order valence-electron chi connectivity index (χ3n) is 3.09. The zero-order valence-electron chi connectivity index (χ0n) is 12.8. The third kappa shape index (κ3) is 3.90. The summed E-state index contributed by atoms with van der Waals surface area (Å²) in [6.07, 6.45) is 0.441.